The highest BCUT2D eigenvalue weighted by Gasteiger charge is 2.17. The first-order chi connectivity index (χ1) is 9.45. The van der Waals surface area contributed by atoms with Crippen LogP contribution in [-0.4, -0.2) is 36.3 Å². The van der Waals surface area contributed by atoms with E-state index in [2.05, 4.69) is 11.9 Å². The van der Waals surface area contributed by atoms with Gasteiger partial charge in [0.2, 0.25) is 11.8 Å². The van der Waals surface area contributed by atoms with Crippen molar-refractivity contribution in [3.8, 4) is 0 Å². The summed E-state index contributed by atoms with van der Waals surface area (Å²) in [4.78, 5) is 24.7. The third-order valence-corrected chi connectivity index (χ3v) is 3.13. The van der Waals surface area contributed by atoms with Crippen LogP contribution in [-0.2, 0) is 11.3 Å². The largest absolute Gasteiger partial charge is 0.366 e. The second-order valence-electron chi connectivity index (χ2n) is 4.69. The van der Waals surface area contributed by atoms with Crippen LogP contribution >= 0.6 is 0 Å². The molecule has 2 amide bonds. The Morgan fingerprint density at radius 3 is 2.50 bits per heavy atom. The molecular weight excluding hydrogens is 254 g/mol. The number of hydrogen-bond donors (Lipinski definition) is 2. The van der Waals surface area contributed by atoms with Gasteiger partial charge in [-0.25, -0.2) is 0 Å². The Kier molecular flexibility index (Phi) is 5.93. The minimum absolute atomic E-state index is 0.0406. The van der Waals surface area contributed by atoms with Crippen molar-refractivity contribution in [1.82, 2.24) is 10.2 Å². The summed E-state index contributed by atoms with van der Waals surface area (Å²) in [5.74, 6) is -0.483. The van der Waals surface area contributed by atoms with Crippen LogP contribution in [0.25, 0.3) is 0 Å². The first-order valence-electron chi connectivity index (χ1n) is 6.43. The van der Waals surface area contributed by atoms with E-state index in [1.807, 2.05) is 31.0 Å². The SMILES string of the molecule is C=CCNC(=O)C(C)N(C)Cc1ccc(C(N)=O)cc1. The molecule has 0 bridgehead atoms. The molecule has 1 aromatic rings. The van der Waals surface area contributed by atoms with Crippen molar-refractivity contribution in [1.29, 1.82) is 0 Å². The highest BCUT2D eigenvalue weighted by molar-refractivity contribution is 5.92. The summed E-state index contributed by atoms with van der Waals surface area (Å²) in [5.41, 5.74) is 6.68. The van der Waals surface area contributed by atoms with Crippen molar-refractivity contribution in [3.05, 3.63) is 48.0 Å². The van der Waals surface area contributed by atoms with Crippen molar-refractivity contribution in [2.75, 3.05) is 13.6 Å². The Morgan fingerprint density at radius 2 is 2.00 bits per heavy atom. The van der Waals surface area contributed by atoms with Gasteiger partial charge >= 0.3 is 0 Å². The van der Waals surface area contributed by atoms with Crippen molar-refractivity contribution < 1.29 is 9.59 Å². The van der Waals surface area contributed by atoms with E-state index in [1.54, 1.807) is 18.2 Å². The second-order valence-corrected chi connectivity index (χ2v) is 4.69. The number of rotatable bonds is 7. The molecule has 0 saturated carbocycles. The number of likely N-dealkylation sites (N-methyl/N-ethyl adjacent to an activating group) is 1. The van der Waals surface area contributed by atoms with E-state index in [-0.39, 0.29) is 11.9 Å². The maximum atomic E-state index is 11.8. The average molecular weight is 275 g/mol. The van der Waals surface area contributed by atoms with Crippen molar-refractivity contribution in [2.24, 2.45) is 5.73 Å². The topological polar surface area (TPSA) is 75.4 Å². The van der Waals surface area contributed by atoms with Crippen molar-refractivity contribution >= 4 is 11.8 Å². The van der Waals surface area contributed by atoms with E-state index in [0.29, 0.717) is 18.7 Å². The number of amides is 2. The van der Waals surface area contributed by atoms with Gasteiger partial charge in [-0.15, -0.1) is 6.58 Å². The zero-order valence-corrected chi connectivity index (χ0v) is 11.9. The molecule has 20 heavy (non-hydrogen) atoms. The van der Waals surface area contributed by atoms with Crippen LogP contribution in [0.15, 0.2) is 36.9 Å². The lowest BCUT2D eigenvalue weighted by atomic mass is 10.1. The smallest absolute Gasteiger partial charge is 0.248 e. The molecule has 0 heterocycles. The van der Waals surface area contributed by atoms with Crippen LogP contribution in [0.1, 0.15) is 22.8 Å². The van der Waals surface area contributed by atoms with E-state index in [1.165, 1.54) is 0 Å². The Hall–Kier alpha value is -2.14. The molecule has 0 aromatic heterocycles. The maximum absolute atomic E-state index is 11.8. The molecule has 1 rings (SSSR count). The molecule has 0 radical (unpaired) electrons. The second kappa shape index (κ2) is 7.45. The number of nitrogens with zero attached hydrogens (tertiary/aromatic N) is 1. The van der Waals surface area contributed by atoms with E-state index in [0.717, 1.165) is 5.56 Å². The molecule has 1 unspecified atom stereocenters. The highest BCUT2D eigenvalue weighted by atomic mass is 16.2. The molecule has 3 N–H and O–H groups in total. The maximum Gasteiger partial charge on any atom is 0.248 e. The fraction of sp³-hybridized carbons (Fsp3) is 0.333. The van der Waals surface area contributed by atoms with E-state index in [9.17, 15) is 9.59 Å². The van der Waals surface area contributed by atoms with Gasteiger partial charge in [-0.05, 0) is 31.7 Å². The van der Waals surface area contributed by atoms with Gasteiger partial charge in [-0.3, -0.25) is 14.5 Å². The first-order valence-corrected chi connectivity index (χ1v) is 6.43. The van der Waals surface area contributed by atoms with E-state index >= 15 is 0 Å². The van der Waals surface area contributed by atoms with Crippen molar-refractivity contribution in [3.63, 3.8) is 0 Å². The Balaban J connectivity index is 2.60. The summed E-state index contributed by atoms with van der Waals surface area (Å²) in [6, 6.07) is 6.81. The van der Waals surface area contributed by atoms with Gasteiger partial charge in [0.15, 0.2) is 0 Å². The van der Waals surface area contributed by atoms with Gasteiger partial charge in [0.25, 0.3) is 0 Å². The molecule has 0 spiro atoms. The highest BCUT2D eigenvalue weighted by Crippen LogP contribution is 2.08. The van der Waals surface area contributed by atoms with Gasteiger partial charge in [0.05, 0.1) is 6.04 Å². The van der Waals surface area contributed by atoms with Crippen LogP contribution in [0, 0.1) is 0 Å². The fourth-order valence-electron chi connectivity index (χ4n) is 1.72. The number of benzene rings is 1. The predicted molar refractivity (Wildman–Crippen MR) is 79.1 cm³/mol. The quantitative estimate of drug-likeness (QED) is 0.726. The van der Waals surface area contributed by atoms with Crippen LogP contribution in [0.4, 0.5) is 0 Å². The Labute approximate surface area is 119 Å². The Morgan fingerprint density at radius 1 is 1.40 bits per heavy atom. The van der Waals surface area contributed by atoms with Crippen LogP contribution in [0.2, 0.25) is 0 Å². The number of carbonyl (C=O) groups is 2. The summed E-state index contributed by atoms with van der Waals surface area (Å²) >= 11 is 0. The van der Waals surface area contributed by atoms with E-state index in [4.69, 9.17) is 5.73 Å². The monoisotopic (exact) mass is 275 g/mol. The summed E-state index contributed by atoms with van der Waals surface area (Å²) in [7, 11) is 1.88. The number of nitrogens with one attached hydrogen (secondary N) is 1. The van der Waals surface area contributed by atoms with Gasteiger partial charge < -0.3 is 11.1 Å². The molecule has 1 aromatic carbocycles. The lowest BCUT2D eigenvalue weighted by Crippen LogP contribution is -2.42. The zero-order valence-electron chi connectivity index (χ0n) is 11.9. The van der Waals surface area contributed by atoms with Gasteiger partial charge in [-0.1, -0.05) is 18.2 Å². The summed E-state index contributed by atoms with van der Waals surface area (Å²) < 4.78 is 0. The minimum Gasteiger partial charge on any atom is -0.366 e. The third kappa shape index (κ3) is 4.51. The van der Waals surface area contributed by atoms with Gasteiger partial charge in [-0.2, -0.15) is 0 Å². The number of carbonyl (C=O) groups excluding carboxylic acids is 2. The molecule has 108 valence electrons. The zero-order chi connectivity index (χ0) is 15.1. The normalized spacial score (nSPS) is 11.9. The molecular formula is C15H21N3O2. The Bertz CT molecular complexity index is 482. The molecule has 5 heteroatoms. The summed E-state index contributed by atoms with van der Waals surface area (Å²) in [6.45, 7) is 6.48. The van der Waals surface area contributed by atoms with Crippen LogP contribution in [0.5, 0.6) is 0 Å². The standard InChI is InChI=1S/C15H21N3O2/c1-4-9-17-15(20)11(2)18(3)10-12-5-7-13(8-6-12)14(16)19/h4-8,11H,1,9-10H2,2-3H3,(H2,16,19)(H,17,20). The predicted octanol–water partition coefficient (Wildman–Crippen LogP) is 0.908. The van der Waals surface area contributed by atoms with Gasteiger partial charge in [0, 0.05) is 18.7 Å². The van der Waals surface area contributed by atoms with Crippen molar-refractivity contribution in [2.45, 2.75) is 19.5 Å². The summed E-state index contributed by atoms with van der Waals surface area (Å²) in [6.07, 6.45) is 1.65. The van der Waals surface area contributed by atoms with E-state index < -0.39 is 5.91 Å². The molecule has 5 nitrogen and oxygen atoms in total. The molecule has 0 fully saturated rings. The van der Waals surface area contributed by atoms with Crippen LogP contribution < -0.4 is 11.1 Å². The fourth-order valence-corrected chi connectivity index (χ4v) is 1.72. The molecule has 1 atom stereocenters. The number of hydrogen-bond acceptors (Lipinski definition) is 3. The average Bonchev–Trinajstić information content (AvgIpc) is 2.44. The molecule has 0 saturated heterocycles. The number of nitrogens with two attached hydrogens (primary N) is 1. The molecule has 0 aliphatic carbocycles. The summed E-state index contributed by atoms with van der Waals surface area (Å²) in [5, 5.41) is 2.76. The molecule has 0 aliphatic heterocycles. The lowest BCUT2D eigenvalue weighted by molar-refractivity contribution is -0.125. The van der Waals surface area contributed by atoms with Crippen LogP contribution in [0.3, 0.4) is 0 Å². The third-order valence-electron chi connectivity index (χ3n) is 3.13. The number of primary amides is 1. The first kappa shape index (κ1) is 15.9. The lowest BCUT2D eigenvalue weighted by Gasteiger charge is -2.23. The molecule has 0 aliphatic rings. The van der Waals surface area contributed by atoms with Gasteiger partial charge in [0.1, 0.15) is 0 Å². The minimum atomic E-state index is -0.443.